The zero-order valence-electron chi connectivity index (χ0n) is 17.9. The van der Waals surface area contributed by atoms with Gasteiger partial charge in [0.2, 0.25) is 0 Å². The molecule has 0 saturated heterocycles. The summed E-state index contributed by atoms with van der Waals surface area (Å²) in [5.74, 6) is 0.887. The minimum absolute atomic E-state index is 0.0271. The highest BCUT2D eigenvalue weighted by molar-refractivity contribution is 5.77. The van der Waals surface area contributed by atoms with Gasteiger partial charge in [0, 0.05) is 32.7 Å². The van der Waals surface area contributed by atoms with Crippen LogP contribution in [0.3, 0.4) is 0 Å². The van der Waals surface area contributed by atoms with Crippen molar-refractivity contribution in [3.63, 3.8) is 0 Å². The van der Waals surface area contributed by atoms with E-state index in [0.717, 1.165) is 43.9 Å². The SMILES string of the molecule is CCN1CCc2c(cccc2OCC(=O)N(CCN(C)C)Cc2ccccc2)C1. The fraction of sp³-hybridized carbons (Fsp3) is 0.458. The van der Waals surface area contributed by atoms with E-state index >= 15 is 0 Å². The number of carbonyl (C=O) groups excluding carboxylic acids is 1. The van der Waals surface area contributed by atoms with Crippen molar-refractivity contribution < 1.29 is 9.53 Å². The Balaban J connectivity index is 1.65. The molecule has 0 radical (unpaired) electrons. The van der Waals surface area contributed by atoms with Crippen LogP contribution in [-0.2, 0) is 24.3 Å². The first-order valence-electron chi connectivity index (χ1n) is 10.5. The Kier molecular flexibility index (Phi) is 7.67. The van der Waals surface area contributed by atoms with Crippen molar-refractivity contribution in [2.24, 2.45) is 0 Å². The lowest BCUT2D eigenvalue weighted by Crippen LogP contribution is -2.39. The first kappa shape index (κ1) is 21.3. The number of benzene rings is 2. The standard InChI is InChI=1S/C24H33N3O2/c1-4-26-14-13-22-21(18-26)11-8-12-23(22)29-19-24(28)27(16-15-25(2)3)17-20-9-6-5-7-10-20/h5-12H,4,13-19H2,1-3H3. The summed E-state index contributed by atoms with van der Waals surface area (Å²) in [6.07, 6.45) is 0.974. The highest BCUT2D eigenvalue weighted by Crippen LogP contribution is 2.28. The molecule has 0 bridgehead atoms. The lowest BCUT2D eigenvalue weighted by Gasteiger charge is -2.29. The van der Waals surface area contributed by atoms with E-state index in [1.165, 1.54) is 11.1 Å². The molecular weight excluding hydrogens is 362 g/mol. The van der Waals surface area contributed by atoms with Crippen LogP contribution in [-0.4, -0.2) is 67.5 Å². The van der Waals surface area contributed by atoms with Gasteiger partial charge in [0.25, 0.3) is 5.91 Å². The smallest absolute Gasteiger partial charge is 0.260 e. The van der Waals surface area contributed by atoms with Crippen molar-refractivity contribution in [1.29, 1.82) is 0 Å². The summed E-state index contributed by atoms with van der Waals surface area (Å²) in [5, 5.41) is 0. The minimum Gasteiger partial charge on any atom is -0.483 e. The highest BCUT2D eigenvalue weighted by atomic mass is 16.5. The zero-order valence-corrected chi connectivity index (χ0v) is 17.9. The number of carbonyl (C=O) groups is 1. The first-order valence-corrected chi connectivity index (χ1v) is 10.5. The Labute approximate surface area is 174 Å². The first-order chi connectivity index (χ1) is 14.1. The van der Waals surface area contributed by atoms with E-state index in [-0.39, 0.29) is 12.5 Å². The van der Waals surface area contributed by atoms with E-state index in [9.17, 15) is 4.79 Å². The molecule has 2 aromatic carbocycles. The van der Waals surface area contributed by atoms with Gasteiger partial charge in [-0.25, -0.2) is 0 Å². The van der Waals surface area contributed by atoms with E-state index < -0.39 is 0 Å². The van der Waals surface area contributed by atoms with Gasteiger partial charge in [-0.15, -0.1) is 0 Å². The monoisotopic (exact) mass is 395 g/mol. The highest BCUT2D eigenvalue weighted by Gasteiger charge is 2.20. The van der Waals surface area contributed by atoms with Crippen molar-refractivity contribution in [2.75, 3.05) is 46.9 Å². The summed E-state index contributed by atoms with van der Waals surface area (Å²) in [4.78, 5) is 19.4. The van der Waals surface area contributed by atoms with Crippen LogP contribution in [0.1, 0.15) is 23.6 Å². The molecule has 3 rings (SSSR count). The van der Waals surface area contributed by atoms with Crippen molar-refractivity contribution in [2.45, 2.75) is 26.4 Å². The molecule has 0 aromatic heterocycles. The minimum atomic E-state index is 0.0271. The largest absolute Gasteiger partial charge is 0.483 e. The molecule has 0 N–H and O–H groups in total. The Bertz CT molecular complexity index is 792. The number of ether oxygens (including phenoxy) is 1. The molecule has 0 saturated carbocycles. The lowest BCUT2D eigenvalue weighted by molar-refractivity contribution is -0.134. The molecule has 0 atom stereocenters. The van der Waals surface area contributed by atoms with E-state index in [2.05, 4.69) is 34.9 Å². The van der Waals surface area contributed by atoms with Gasteiger partial charge >= 0.3 is 0 Å². The van der Waals surface area contributed by atoms with Crippen LogP contribution in [0.4, 0.5) is 0 Å². The molecule has 1 heterocycles. The third-order valence-electron chi connectivity index (χ3n) is 5.49. The molecule has 0 spiro atoms. The third kappa shape index (κ3) is 6.05. The number of amides is 1. The maximum absolute atomic E-state index is 13.0. The van der Waals surface area contributed by atoms with E-state index in [1.54, 1.807) is 0 Å². The maximum atomic E-state index is 13.0. The van der Waals surface area contributed by atoms with Crippen molar-refractivity contribution in [3.8, 4) is 5.75 Å². The molecule has 5 heteroatoms. The van der Waals surface area contributed by atoms with Gasteiger partial charge in [0.15, 0.2) is 6.61 Å². The van der Waals surface area contributed by atoms with Crippen LogP contribution >= 0.6 is 0 Å². The normalized spacial score (nSPS) is 13.9. The van der Waals surface area contributed by atoms with Crippen LogP contribution < -0.4 is 4.74 Å². The summed E-state index contributed by atoms with van der Waals surface area (Å²) in [5.41, 5.74) is 3.71. The second kappa shape index (κ2) is 10.4. The van der Waals surface area contributed by atoms with Crippen molar-refractivity contribution >= 4 is 5.91 Å². The van der Waals surface area contributed by atoms with Crippen molar-refractivity contribution in [1.82, 2.24) is 14.7 Å². The molecule has 5 nitrogen and oxygen atoms in total. The maximum Gasteiger partial charge on any atom is 0.260 e. The van der Waals surface area contributed by atoms with E-state index in [4.69, 9.17) is 4.74 Å². The van der Waals surface area contributed by atoms with Crippen LogP contribution in [0.25, 0.3) is 0 Å². The van der Waals surface area contributed by atoms with Crippen molar-refractivity contribution in [3.05, 3.63) is 65.2 Å². The molecule has 2 aromatic rings. The predicted octanol–water partition coefficient (Wildman–Crippen LogP) is 3.03. The number of hydrogen-bond donors (Lipinski definition) is 0. The second-order valence-electron chi connectivity index (χ2n) is 7.91. The molecule has 1 aliphatic rings. The average molecular weight is 396 g/mol. The van der Waals surface area contributed by atoms with E-state index in [1.807, 2.05) is 49.3 Å². The van der Waals surface area contributed by atoms with Gasteiger partial charge in [-0.3, -0.25) is 9.69 Å². The molecule has 29 heavy (non-hydrogen) atoms. The Morgan fingerprint density at radius 3 is 2.59 bits per heavy atom. The molecule has 0 aliphatic carbocycles. The Hall–Kier alpha value is -2.37. The van der Waals surface area contributed by atoms with Gasteiger partial charge in [0.1, 0.15) is 5.75 Å². The van der Waals surface area contributed by atoms with Gasteiger partial charge < -0.3 is 14.5 Å². The second-order valence-corrected chi connectivity index (χ2v) is 7.91. The van der Waals surface area contributed by atoms with Crippen LogP contribution in [0.15, 0.2) is 48.5 Å². The summed E-state index contributed by atoms with van der Waals surface area (Å²) in [6.45, 7) is 7.45. The number of hydrogen-bond acceptors (Lipinski definition) is 4. The average Bonchev–Trinajstić information content (AvgIpc) is 2.75. The van der Waals surface area contributed by atoms with Crippen LogP contribution in [0, 0.1) is 0 Å². The summed E-state index contributed by atoms with van der Waals surface area (Å²) < 4.78 is 6.04. The fourth-order valence-electron chi connectivity index (χ4n) is 3.69. The molecule has 0 unspecified atom stereocenters. The third-order valence-corrected chi connectivity index (χ3v) is 5.49. The van der Waals surface area contributed by atoms with Gasteiger partial charge in [0.05, 0.1) is 0 Å². The zero-order chi connectivity index (χ0) is 20.6. The summed E-state index contributed by atoms with van der Waals surface area (Å²) in [6, 6.07) is 16.3. The topological polar surface area (TPSA) is 36.0 Å². The number of fused-ring (bicyclic) bond motifs is 1. The number of rotatable bonds is 9. The Morgan fingerprint density at radius 2 is 1.86 bits per heavy atom. The molecule has 156 valence electrons. The molecular formula is C24H33N3O2. The van der Waals surface area contributed by atoms with Gasteiger partial charge in [-0.1, -0.05) is 49.4 Å². The van der Waals surface area contributed by atoms with E-state index in [0.29, 0.717) is 13.1 Å². The number of likely N-dealkylation sites (N-methyl/N-ethyl adjacent to an activating group) is 2. The van der Waals surface area contributed by atoms with Crippen LogP contribution in [0.5, 0.6) is 5.75 Å². The Morgan fingerprint density at radius 1 is 1.07 bits per heavy atom. The fourth-order valence-corrected chi connectivity index (χ4v) is 3.69. The molecule has 1 aliphatic heterocycles. The lowest BCUT2D eigenvalue weighted by atomic mass is 9.99. The summed E-state index contributed by atoms with van der Waals surface area (Å²) >= 11 is 0. The molecule has 1 amide bonds. The summed E-state index contributed by atoms with van der Waals surface area (Å²) in [7, 11) is 4.05. The number of nitrogens with zero attached hydrogens (tertiary/aromatic N) is 3. The molecule has 0 fully saturated rings. The quantitative estimate of drug-likeness (QED) is 0.654. The van der Waals surface area contributed by atoms with Gasteiger partial charge in [-0.05, 0) is 49.8 Å². The predicted molar refractivity (Wildman–Crippen MR) is 117 cm³/mol. The van der Waals surface area contributed by atoms with Gasteiger partial charge in [-0.2, -0.15) is 0 Å². The van der Waals surface area contributed by atoms with Crippen LogP contribution in [0.2, 0.25) is 0 Å².